The Kier molecular flexibility index (Phi) is 4.44. The molecule has 0 aromatic heterocycles. The molecule has 4 aromatic carbocycles. The fourth-order valence-electron chi connectivity index (χ4n) is 2.98. The van der Waals surface area contributed by atoms with Crippen LogP contribution >= 0.6 is 0 Å². The second kappa shape index (κ2) is 7.05. The molecule has 0 N–H and O–H groups in total. The van der Waals surface area contributed by atoms with Gasteiger partial charge in [0.2, 0.25) is 0 Å². The van der Waals surface area contributed by atoms with Gasteiger partial charge in [-0.05, 0) is 53.8 Å². The molecule has 0 bridgehead atoms. The molecule has 0 heterocycles. The summed E-state index contributed by atoms with van der Waals surface area (Å²) in [6.07, 6.45) is 0. The van der Waals surface area contributed by atoms with Crippen LogP contribution in [0.5, 0.6) is 0 Å². The topological polar surface area (TPSA) is 0 Å². The fourth-order valence-corrected chi connectivity index (χ4v) is 2.98. The van der Waals surface area contributed by atoms with Gasteiger partial charge in [-0.15, -0.1) is 0 Å². The second-order valence-corrected chi connectivity index (χ2v) is 6.49. The molecule has 0 fully saturated rings. The van der Waals surface area contributed by atoms with Gasteiger partial charge < -0.3 is 0 Å². The number of rotatable bonds is 1. The lowest BCUT2D eigenvalue weighted by Crippen LogP contribution is -1.86. The van der Waals surface area contributed by atoms with Crippen LogP contribution in [0.4, 0.5) is 8.78 Å². The molecule has 0 saturated carbocycles. The Morgan fingerprint density at radius 3 is 1.93 bits per heavy atom. The van der Waals surface area contributed by atoms with Crippen LogP contribution in [0.15, 0.2) is 78.9 Å². The summed E-state index contributed by atoms with van der Waals surface area (Å²) < 4.78 is 27.1. The SMILES string of the molecule is Cc1ccc(-c2ccc(C#Cc3ccc4c(F)c(F)ccc4c3)cc2)cc1. The monoisotopic (exact) mass is 354 g/mol. The number of hydrogen-bond donors (Lipinski definition) is 0. The van der Waals surface area contributed by atoms with Crippen molar-refractivity contribution in [3.8, 4) is 23.0 Å². The van der Waals surface area contributed by atoms with E-state index >= 15 is 0 Å². The van der Waals surface area contributed by atoms with E-state index in [2.05, 4.69) is 43.0 Å². The molecule has 0 nitrogen and oxygen atoms in total. The van der Waals surface area contributed by atoms with Crippen molar-refractivity contribution in [1.82, 2.24) is 0 Å². The van der Waals surface area contributed by atoms with E-state index in [9.17, 15) is 8.78 Å². The highest BCUT2D eigenvalue weighted by molar-refractivity contribution is 5.84. The Morgan fingerprint density at radius 1 is 0.630 bits per heavy atom. The first-order valence-electron chi connectivity index (χ1n) is 8.67. The number of benzene rings is 4. The zero-order valence-electron chi connectivity index (χ0n) is 14.8. The largest absolute Gasteiger partial charge is 0.204 e. The standard InChI is InChI=1S/C25H16F2/c1-17-2-9-20(10-3-17)21-11-6-18(7-12-21)4-5-19-8-14-23-22(16-19)13-15-24(26)25(23)27/h2-3,6-16H,1H3. The first-order chi connectivity index (χ1) is 13.1. The van der Waals surface area contributed by atoms with Crippen molar-refractivity contribution in [2.75, 3.05) is 0 Å². The maximum absolute atomic E-state index is 13.8. The van der Waals surface area contributed by atoms with Crippen molar-refractivity contribution in [2.24, 2.45) is 0 Å². The third kappa shape index (κ3) is 3.59. The lowest BCUT2D eigenvalue weighted by Gasteiger charge is -2.02. The average Bonchev–Trinajstić information content (AvgIpc) is 2.70. The molecule has 0 atom stereocenters. The summed E-state index contributed by atoms with van der Waals surface area (Å²) in [7, 11) is 0. The highest BCUT2D eigenvalue weighted by Gasteiger charge is 2.06. The maximum atomic E-state index is 13.8. The zero-order valence-corrected chi connectivity index (χ0v) is 14.8. The van der Waals surface area contributed by atoms with E-state index in [0.29, 0.717) is 5.39 Å². The second-order valence-electron chi connectivity index (χ2n) is 6.49. The highest BCUT2D eigenvalue weighted by atomic mass is 19.2. The van der Waals surface area contributed by atoms with Gasteiger partial charge in [-0.25, -0.2) is 8.78 Å². The van der Waals surface area contributed by atoms with E-state index in [-0.39, 0.29) is 5.39 Å². The van der Waals surface area contributed by atoms with E-state index in [4.69, 9.17) is 0 Å². The predicted octanol–water partition coefficient (Wildman–Crippen LogP) is 6.49. The molecule has 27 heavy (non-hydrogen) atoms. The molecule has 0 aliphatic rings. The maximum Gasteiger partial charge on any atom is 0.166 e. The van der Waals surface area contributed by atoms with Gasteiger partial charge in [-0.2, -0.15) is 0 Å². The quantitative estimate of drug-likeness (QED) is 0.343. The van der Waals surface area contributed by atoms with Gasteiger partial charge in [-0.3, -0.25) is 0 Å². The molecule has 130 valence electrons. The predicted molar refractivity (Wildman–Crippen MR) is 106 cm³/mol. The van der Waals surface area contributed by atoms with Gasteiger partial charge in [0.15, 0.2) is 11.6 Å². The van der Waals surface area contributed by atoms with Crippen LogP contribution in [0, 0.1) is 30.4 Å². The van der Waals surface area contributed by atoms with E-state index in [0.717, 1.165) is 22.8 Å². The van der Waals surface area contributed by atoms with Gasteiger partial charge in [0.25, 0.3) is 0 Å². The molecule has 0 amide bonds. The van der Waals surface area contributed by atoms with Crippen LogP contribution in [0.25, 0.3) is 21.9 Å². The minimum atomic E-state index is -0.838. The molecule has 2 heteroatoms. The Bertz CT molecular complexity index is 1180. The smallest absolute Gasteiger partial charge is 0.166 e. The van der Waals surface area contributed by atoms with Crippen molar-refractivity contribution in [2.45, 2.75) is 6.92 Å². The van der Waals surface area contributed by atoms with E-state index in [1.165, 1.54) is 11.1 Å². The Labute approximate surface area is 157 Å². The molecule has 4 aromatic rings. The Morgan fingerprint density at radius 2 is 1.22 bits per heavy atom. The van der Waals surface area contributed by atoms with Crippen LogP contribution in [0.3, 0.4) is 0 Å². The summed E-state index contributed by atoms with van der Waals surface area (Å²) in [6.45, 7) is 2.07. The van der Waals surface area contributed by atoms with Gasteiger partial charge in [0.1, 0.15) is 0 Å². The minimum absolute atomic E-state index is 0.267. The molecular formula is C25H16F2. The molecule has 0 saturated heterocycles. The van der Waals surface area contributed by atoms with Crippen molar-refractivity contribution in [1.29, 1.82) is 0 Å². The van der Waals surface area contributed by atoms with Crippen LogP contribution in [0.1, 0.15) is 16.7 Å². The molecular weight excluding hydrogens is 338 g/mol. The van der Waals surface area contributed by atoms with Crippen molar-refractivity contribution in [3.05, 3.63) is 107 Å². The fraction of sp³-hybridized carbons (Fsp3) is 0.0400. The zero-order chi connectivity index (χ0) is 18.8. The van der Waals surface area contributed by atoms with E-state index < -0.39 is 11.6 Å². The summed E-state index contributed by atoms with van der Waals surface area (Å²) in [5, 5.41) is 0.901. The molecule has 0 aliphatic heterocycles. The summed E-state index contributed by atoms with van der Waals surface area (Å²) >= 11 is 0. The summed E-state index contributed by atoms with van der Waals surface area (Å²) in [4.78, 5) is 0. The third-order valence-corrected chi connectivity index (χ3v) is 4.53. The van der Waals surface area contributed by atoms with Crippen molar-refractivity contribution in [3.63, 3.8) is 0 Å². The number of hydrogen-bond acceptors (Lipinski definition) is 0. The van der Waals surface area contributed by atoms with Crippen LogP contribution in [-0.4, -0.2) is 0 Å². The normalized spacial score (nSPS) is 10.5. The summed E-state index contributed by atoms with van der Waals surface area (Å²) in [6, 6.07) is 24.2. The van der Waals surface area contributed by atoms with Gasteiger partial charge in [0.05, 0.1) is 0 Å². The Hall–Kier alpha value is -3.44. The van der Waals surface area contributed by atoms with Gasteiger partial charge in [0, 0.05) is 16.5 Å². The molecule has 0 aliphatic carbocycles. The average molecular weight is 354 g/mol. The minimum Gasteiger partial charge on any atom is -0.204 e. The van der Waals surface area contributed by atoms with Crippen LogP contribution < -0.4 is 0 Å². The molecule has 0 unspecified atom stereocenters. The third-order valence-electron chi connectivity index (χ3n) is 4.53. The van der Waals surface area contributed by atoms with Gasteiger partial charge in [-0.1, -0.05) is 65.9 Å². The summed E-state index contributed by atoms with van der Waals surface area (Å²) in [5.41, 5.74) is 5.21. The number of aryl methyl sites for hydroxylation is 1. The van der Waals surface area contributed by atoms with E-state index in [1.807, 2.05) is 24.3 Å². The van der Waals surface area contributed by atoms with Crippen LogP contribution in [-0.2, 0) is 0 Å². The molecule has 0 spiro atoms. The number of halogens is 2. The first-order valence-corrected chi connectivity index (χ1v) is 8.67. The molecule has 4 rings (SSSR count). The van der Waals surface area contributed by atoms with Crippen molar-refractivity contribution < 1.29 is 8.78 Å². The van der Waals surface area contributed by atoms with Crippen LogP contribution in [0.2, 0.25) is 0 Å². The highest BCUT2D eigenvalue weighted by Crippen LogP contribution is 2.22. The Balaban J connectivity index is 1.60. The van der Waals surface area contributed by atoms with Gasteiger partial charge >= 0.3 is 0 Å². The van der Waals surface area contributed by atoms with Crippen molar-refractivity contribution >= 4 is 10.8 Å². The van der Waals surface area contributed by atoms with E-state index in [1.54, 1.807) is 24.3 Å². The molecule has 0 radical (unpaired) electrons. The summed E-state index contributed by atoms with van der Waals surface area (Å²) in [5.74, 6) is 4.55. The lowest BCUT2D eigenvalue weighted by molar-refractivity contribution is 0.517. The lowest BCUT2D eigenvalue weighted by atomic mass is 10.0. The first kappa shape index (κ1) is 17.0. The number of fused-ring (bicyclic) bond motifs is 1.